The molecule has 0 aliphatic heterocycles. The first-order valence-electron chi connectivity index (χ1n) is 13.5. The van der Waals surface area contributed by atoms with E-state index in [4.69, 9.17) is 0 Å². The number of azo groups is 2. The maximum absolute atomic E-state index is 9.35. The summed E-state index contributed by atoms with van der Waals surface area (Å²) in [6, 6.07) is 21.1. The Hall–Kier alpha value is -5.25. The number of phenols is 2. The largest absolute Gasteiger partial charge is 0.508 e. The van der Waals surface area contributed by atoms with Crippen molar-refractivity contribution in [2.75, 3.05) is 0 Å². The lowest BCUT2D eigenvalue weighted by Gasteiger charge is -1.98. The van der Waals surface area contributed by atoms with Crippen LogP contribution in [0, 0.1) is 0 Å². The number of aromatic hydroxyl groups is 2. The average Bonchev–Trinajstić information content (AvgIpc) is 3.45. The van der Waals surface area contributed by atoms with E-state index in [9.17, 15) is 10.2 Å². The van der Waals surface area contributed by atoms with E-state index >= 15 is 0 Å². The Morgan fingerprint density at radius 1 is 0.488 bits per heavy atom. The van der Waals surface area contributed by atoms with Crippen LogP contribution < -0.4 is 13.7 Å². The molecule has 0 saturated heterocycles. The number of hydrogen-bond acceptors (Lipinski definition) is 6. The molecule has 0 spiro atoms. The van der Waals surface area contributed by atoms with Gasteiger partial charge in [0.15, 0.2) is 37.9 Å². The lowest BCUT2D eigenvalue weighted by atomic mass is 10.3. The first-order valence-corrected chi connectivity index (χ1v) is 13.5. The van der Waals surface area contributed by atoms with Gasteiger partial charge in [0, 0.05) is 37.1 Å². The molecule has 3 aromatic heterocycles. The van der Waals surface area contributed by atoms with Gasteiger partial charge in [-0.2, -0.15) is 20.5 Å². The second-order valence-electron chi connectivity index (χ2n) is 9.62. The minimum atomic E-state index is 0.213. The zero-order valence-corrected chi connectivity index (χ0v) is 22.7. The predicted octanol–water partition coefficient (Wildman–Crippen LogP) is 5.77. The Balaban J connectivity index is 1.01. The minimum absolute atomic E-state index is 0.213. The zero-order chi connectivity index (χ0) is 28.3. The first-order chi connectivity index (χ1) is 20.1. The third-order valence-corrected chi connectivity index (χ3v) is 6.42. The molecule has 5 rings (SSSR count). The average molecular weight is 550 g/mol. The van der Waals surface area contributed by atoms with Crippen LogP contribution in [0.15, 0.2) is 137 Å². The van der Waals surface area contributed by atoms with Crippen molar-refractivity contribution in [2.24, 2.45) is 20.5 Å². The van der Waals surface area contributed by atoms with Crippen molar-refractivity contribution in [3.05, 3.63) is 116 Å². The molecular formula is C31H33N8O2+3. The Morgan fingerprint density at radius 3 is 1.39 bits per heavy atom. The Labute approximate surface area is 238 Å². The fourth-order valence-electron chi connectivity index (χ4n) is 4.17. The molecular weight excluding hydrogens is 516 g/mol. The SMILES string of the molecule is Oc1ccc(/N=N\c2cc[n+](CCCn3cc[n+](CCC[n+]4ccc(/N=N\c5ccc(O)cc5)cc4)c3)cc2)cc1. The lowest BCUT2D eigenvalue weighted by molar-refractivity contribution is -0.726. The number of nitrogens with zero attached hydrogens (tertiary/aromatic N) is 8. The quantitative estimate of drug-likeness (QED) is 0.152. The van der Waals surface area contributed by atoms with Crippen molar-refractivity contribution in [2.45, 2.75) is 39.0 Å². The van der Waals surface area contributed by atoms with Gasteiger partial charge in [0.25, 0.3) is 0 Å². The van der Waals surface area contributed by atoms with Gasteiger partial charge in [-0.1, -0.05) is 0 Å². The van der Waals surface area contributed by atoms with Crippen LogP contribution in [0.25, 0.3) is 0 Å². The molecule has 0 bridgehead atoms. The third-order valence-electron chi connectivity index (χ3n) is 6.42. The Kier molecular flexibility index (Phi) is 9.13. The highest BCUT2D eigenvalue weighted by Crippen LogP contribution is 2.21. The summed E-state index contributed by atoms with van der Waals surface area (Å²) >= 11 is 0. The Morgan fingerprint density at radius 2 is 0.902 bits per heavy atom. The number of hydrogen-bond donors (Lipinski definition) is 2. The summed E-state index contributed by atoms with van der Waals surface area (Å²) in [6.07, 6.45) is 16.5. The fraction of sp³-hybridized carbons (Fsp3) is 0.194. The van der Waals surface area contributed by atoms with Crippen LogP contribution in [0.4, 0.5) is 22.7 Å². The van der Waals surface area contributed by atoms with E-state index in [0.717, 1.165) is 50.4 Å². The van der Waals surface area contributed by atoms with Gasteiger partial charge in [-0.25, -0.2) is 18.3 Å². The summed E-state index contributed by atoms with van der Waals surface area (Å²) in [5.41, 5.74) is 2.96. The molecule has 0 aliphatic rings. The standard InChI is InChI=1S/C31H31N8O2/c40-30-7-3-26(4-8-30)32-34-28-11-19-36(20-12-28)15-1-17-38-23-24-39(25-38)18-2-16-37-21-13-29(14-22-37)35-33-27-5-9-31(41)10-6-27/h3-14,19-25H,1-2,15-18H2/q+1/p+2. The van der Waals surface area contributed by atoms with Crippen molar-refractivity contribution in [3.8, 4) is 11.5 Å². The highest BCUT2D eigenvalue weighted by atomic mass is 16.3. The highest BCUT2D eigenvalue weighted by molar-refractivity contribution is 5.42. The van der Waals surface area contributed by atoms with E-state index in [1.807, 2.05) is 49.1 Å². The van der Waals surface area contributed by atoms with Gasteiger partial charge in [-0.05, 0) is 48.5 Å². The first kappa shape index (κ1) is 27.3. The van der Waals surface area contributed by atoms with E-state index in [-0.39, 0.29) is 11.5 Å². The van der Waals surface area contributed by atoms with Crippen LogP contribution in [0.5, 0.6) is 11.5 Å². The van der Waals surface area contributed by atoms with Crippen LogP contribution >= 0.6 is 0 Å². The summed E-state index contributed by atoms with van der Waals surface area (Å²) in [6.45, 7) is 3.71. The molecule has 206 valence electrons. The number of aromatic nitrogens is 4. The van der Waals surface area contributed by atoms with Gasteiger partial charge in [-0.15, -0.1) is 0 Å². The molecule has 5 aromatic rings. The normalized spacial score (nSPS) is 11.5. The maximum atomic E-state index is 9.35. The van der Waals surface area contributed by atoms with Crippen LogP contribution in [-0.4, -0.2) is 14.8 Å². The summed E-state index contributed by atoms with van der Waals surface area (Å²) < 4.78 is 8.74. The fourth-order valence-corrected chi connectivity index (χ4v) is 4.17. The topological polar surface area (TPSA) is 106 Å². The monoisotopic (exact) mass is 549 g/mol. The highest BCUT2D eigenvalue weighted by Gasteiger charge is 2.08. The van der Waals surface area contributed by atoms with Crippen molar-refractivity contribution < 1.29 is 23.9 Å². The minimum Gasteiger partial charge on any atom is -0.508 e. The van der Waals surface area contributed by atoms with Crippen molar-refractivity contribution in [1.29, 1.82) is 0 Å². The van der Waals surface area contributed by atoms with E-state index < -0.39 is 0 Å². The number of imidazole rings is 1. The summed E-state index contributed by atoms with van der Waals surface area (Å²) in [7, 11) is 0. The van der Waals surface area contributed by atoms with E-state index in [0.29, 0.717) is 11.4 Å². The molecule has 3 heterocycles. The van der Waals surface area contributed by atoms with Gasteiger partial charge in [0.2, 0.25) is 6.33 Å². The van der Waals surface area contributed by atoms with Gasteiger partial charge in [0.1, 0.15) is 23.9 Å². The number of aryl methyl sites for hydroxylation is 4. The second-order valence-corrected chi connectivity index (χ2v) is 9.62. The molecule has 41 heavy (non-hydrogen) atoms. The van der Waals surface area contributed by atoms with E-state index in [2.05, 4.69) is 57.4 Å². The second kappa shape index (κ2) is 13.7. The smallest absolute Gasteiger partial charge is 0.243 e. The number of phenolic OH excluding ortho intramolecular Hbond substituents is 2. The molecule has 0 fully saturated rings. The molecule has 2 N–H and O–H groups in total. The van der Waals surface area contributed by atoms with Crippen LogP contribution in [0.3, 0.4) is 0 Å². The van der Waals surface area contributed by atoms with Crippen molar-refractivity contribution >= 4 is 22.7 Å². The summed E-state index contributed by atoms with van der Waals surface area (Å²) in [4.78, 5) is 0. The van der Waals surface area contributed by atoms with Gasteiger partial charge in [-0.3, -0.25) is 0 Å². The van der Waals surface area contributed by atoms with Crippen LogP contribution in [0.1, 0.15) is 12.8 Å². The van der Waals surface area contributed by atoms with Crippen LogP contribution in [-0.2, 0) is 26.2 Å². The van der Waals surface area contributed by atoms with Gasteiger partial charge in [0.05, 0.1) is 35.8 Å². The van der Waals surface area contributed by atoms with E-state index in [1.54, 1.807) is 48.5 Å². The maximum Gasteiger partial charge on any atom is 0.243 e. The molecule has 0 radical (unpaired) electrons. The predicted molar refractivity (Wildman–Crippen MR) is 152 cm³/mol. The molecule has 10 nitrogen and oxygen atoms in total. The number of rotatable bonds is 12. The summed E-state index contributed by atoms with van der Waals surface area (Å²) in [5, 5.41) is 35.6. The van der Waals surface area contributed by atoms with Crippen LogP contribution in [0.2, 0.25) is 0 Å². The Bertz CT molecular complexity index is 1460. The molecule has 0 saturated carbocycles. The zero-order valence-electron chi connectivity index (χ0n) is 22.7. The van der Waals surface area contributed by atoms with Gasteiger partial charge >= 0.3 is 0 Å². The molecule has 0 unspecified atom stereocenters. The van der Waals surface area contributed by atoms with Gasteiger partial charge < -0.3 is 10.2 Å². The lowest BCUT2D eigenvalue weighted by Crippen LogP contribution is -2.37. The number of benzene rings is 2. The van der Waals surface area contributed by atoms with Crippen molar-refractivity contribution in [1.82, 2.24) is 4.57 Å². The molecule has 0 atom stereocenters. The molecule has 0 aliphatic carbocycles. The van der Waals surface area contributed by atoms with Crippen molar-refractivity contribution in [3.63, 3.8) is 0 Å². The molecule has 2 aromatic carbocycles. The molecule has 10 heteroatoms. The number of pyridine rings is 2. The van der Waals surface area contributed by atoms with E-state index in [1.165, 1.54) is 0 Å². The summed E-state index contributed by atoms with van der Waals surface area (Å²) in [5.74, 6) is 0.427. The molecule has 0 amide bonds. The third kappa shape index (κ3) is 8.62.